The molecular formula is C19H21N3O3. The first-order valence-electron chi connectivity index (χ1n) is 8.75. The van der Waals surface area contributed by atoms with Gasteiger partial charge in [0, 0.05) is 17.3 Å². The average molecular weight is 339 g/mol. The molecule has 0 radical (unpaired) electrons. The minimum Gasteiger partial charge on any atom is -0.480 e. The van der Waals surface area contributed by atoms with Crippen molar-refractivity contribution in [3.05, 3.63) is 46.8 Å². The van der Waals surface area contributed by atoms with Gasteiger partial charge in [0.15, 0.2) is 5.69 Å². The number of aromatic nitrogens is 2. The van der Waals surface area contributed by atoms with Gasteiger partial charge in [0.05, 0.1) is 5.69 Å². The minimum atomic E-state index is -0.977. The van der Waals surface area contributed by atoms with Gasteiger partial charge in [0.2, 0.25) is 0 Å². The Balaban J connectivity index is 1.73. The average Bonchev–Trinajstić information content (AvgIpc) is 3.19. The van der Waals surface area contributed by atoms with Gasteiger partial charge in [-0.2, -0.15) is 5.10 Å². The Labute approximate surface area is 146 Å². The third-order valence-electron chi connectivity index (χ3n) is 4.97. The van der Waals surface area contributed by atoms with E-state index in [0.29, 0.717) is 5.69 Å². The first-order valence-corrected chi connectivity index (χ1v) is 8.75. The van der Waals surface area contributed by atoms with Crippen LogP contribution >= 0.6 is 0 Å². The molecule has 130 valence electrons. The zero-order valence-electron chi connectivity index (χ0n) is 14.2. The van der Waals surface area contributed by atoms with Crippen molar-refractivity contribution in [2.75, 3.05) is 6.54 Å². The van der Waals surface area contributed by atoms with Crippen molar-refractivity contribution in [1.82, 2.24) is 14.7 Å². The van der Waals surface area contributed by atoms with Crippen LogP contribution in [0, 0.1) is 6.92 Å². The van der Waals surface area contributed by atoms with Crippen LogP contribution in [0.25, 0.3) is 5.69 Å². The minimum absolute atomic E-state index is 0.0465. The van der Waals surface area contributed by atoms with Crippen molar-refractivity contribution < 1.29 is 14.7 Å². The molecule has 1 heterocycles. The second-order valence-corrected chi connectivity index (χ2v) is 6.93. The number of fused-ring (bicyclic) bond motifs is 1. The second kappa shape index (κ2) is 6.02. The molecule has 2 aliphatic rings. The number of carboxylic acid groups (broad SMARTS) is 1. The van der Waals surface area contributed by atoms with Crippen molar-refractivity contribution in [3.8, 4) is 5.69 Å². The quantitative estimate of drug-likeness (QED) is 0.907. The first kappa shape index (κ1) is 15.9. The standard InChI is InChI=1S/C19H21N3O3/c1-12-5-7-14(8-6-12)22-16-4-2-3-15(16)18(20-22)19(25)21(11-17(23)24)13-9-10-13/h5-8,13H,2-4,9-11H2,1H3,(H,23,24). The lowest BCUT2D eigenvalue weighted by Crippen LogP contribution is -2.38. The molecule has 0 bridgehead atoms. The highest BCUT2D eigenvalue weighted by molar-refractivity contribution is 5.96. The molecule has 0 aliphatic heterocycles. The number of aryl methyl sites for hydroxylation is 1. The third kappa shape index (κ3) is 2.92. The Bertz CT molecular complexity index is 834. The number of carbonyl (C=O) groups excluding carboxylic acids is 1. The Morgan fingerprint density at radius 1 is 1.24 bits per heavy atom. The molecule has 2 aromatic rings. The summed E-state index contributed by atoms with van der Waals surface area (Å²) in [4.78, 5) is 25.6. The van der Waals surface area contributed by atoms with Crippen LogP contribution in [-0.4, -0.2) is 44.3 Å². The fourth-order valence-corrected chi connectivity index (χ4v) is 3.54. The number of benzene rings is 1. The SMILES string of the molecule is Cc1ccc(-n2nc(C(=O)N(CC(=O)O)C3CC3)c3c2CCC3)cc1. The highest BCUT2D eigenvalue weighted by Crippen LogP contribution is 2.32. The number of amides is 1. The van der Waals surface area contributed by atoms with Gasteiger partial charge in [-0.1, -0.05) is 17.7 Å². The summed E-state index contributed by atoms with van der Waals surface area (Å²) in [5.74, 6) is -1.22. The first-order chi connectivity index (χ1) is 12.0. The zero-order chi connectivity index (χ0) is 17.6. The number of carboxylic acids is 1. The van der Waals surface area contributed by atoms with Gasteiger partial charge in [-0.15, -0.1) is 0 Å². The molecule has 0 atom stereocenters. The molecule has 6 heteroatoms. The summed E-state index contributed by atoms with van der Waals surface area (Å²) in [5, 5.41) is 13.7. The Kier molecular flexibility index (Phi) is 3.82. The summed E-state index contributed by atoms with van der Waals surface area (Å²) < 4.78 is 1.86. The summed E-state index contributed by atoms with van der Waals surface area (Å²) in [6, 6.07) is 8.11. The van der Waals surface area contributed by atoms with Crippen LogP contribution in [0.5, 0.6) is 0 Å². The molecule has 1 fully saturated rings. The van der Waals surface area contributed by atoms with E-state index in [4.69, 9.17) is 5.11 Å². The van der Waals surface area contributed by atoms with E-state index < -0.39 is 5.97 Å². The fraction of sp³-hybridized carbons (Fsp3) is 0.421. The molecular weight excluding hydrogens is 318 g/mol. The van der Waals surface area contributed by atoms with E-state index in [1.54, 1.807) is 0 Å². The number of hydrogen-bond donors (Lipinski definition) is 1. The predicted molar refractivity (Wildman–Crippen MR) is 92.0 cm³/mol. The van der Waals surface area contributed by atoms with Crippen LogP contribution in [0.15, 0.2) is 24.3 Å². The maximum atomic E-state index is 13.0. The van der Waals surface area contributed by atoms with Crippen molar-refractivity contribution in [2.45, 2.75) is 45.1 Å². The largest absolute Gasteiger partial charge is 0.480 e. The number of aliphatic carboxylic acids is 1. The van der Waals surface area contributed by atoms with Crippen molar-refractivity contribution in [2.24, 2.45) is 0 Å². The van der Waals surface area contributed by atoms with Gasteiger partial charge in [-0.25, -0.2) is 4.68 Å². The van der Waals surface area contributed by atoms with Gasteiger partial charge in [-0.3, -0.25) is 9.59 Å². The van der Waals surface area contributed by atoms with E-state index >= 15 is 0 Å². The lowest BCUT2D eigenvalue weighted by Gasteiger charge is -2.19. The van der Waals surface area contributed by atoms with Crippen molar-refractivity contribution in [3.63, 3.8) is 0 Å². The normalized spacial score (nSPS) is 15.9. The number of carbonyl (C=O) groups is 2. The van der Waals surface area contributed by atoms with Crippen LogP contribution in [-0.2, 0) is 17.6 Å². The summed E-state index contributed by atoms with van der Waals surface area (Å²) in [6.45, 7) is 1.78. The molecule has 1 aromatic carbocycles. The van der Waals surface area contributed by atoms with E-state index in [1.807, 2.05) is 35.9 Å². The van der Waals surface area contributed by atoms with Crippen LogP contribution in [0.4, 0.5) is 0 Å². The van der Waals surface area contributed by atoms with Crippen LogP contribution in [0.3, 0.4) is 0 Å². The lowest BCUT2D eigenvalue weighted by molar-refractivity contribution is -0.137. The monoisotopic (exact) mass is 339 g/mol. The van der Waals surface area contributed by atoms with Gasteiger partial charge >= 0.3 is 5.97 Å². The predicted octanol–water partition coefficient (Wildman–Crippen LogP) is 2.36. The van der Waals surface area contributed by atoms with E-state index in [0.717, 1.165) is 49.0 Å². The third-order valence-corrected chi connectivity index (χ3v) is 4.97. The Morgan fingerprint density at radius 2 is 1.96 bits per heavy atom. The molecule has 0 spiro atoms. The zero-order valence-corrected chi connectivity index (χ0v) is 14.2. The molecule has 0 saturated heterocycles. The number of rotatable bonds is 5. The summed E-state index contributed by atoms with van der Waals surface area (Å²) in [6.07, 6.45) is 4.47. The molecule has 1 N–H and O–H groups in total. The number of hydrogen-bond acceptors (Lipinski definition) is 3. The van der Waals surface area contributed by atoms with Gasteiger partial charge in [0.25, 0.3) is 5.91 Å². The van der Waals surface area contributed by atoms with Crippen molar-refractivity contribution >= 4 is 11.9 Å². The topological polar surface area (TPSA) is 75.4 Å². The Hall–Kier alpha value is -2.63. The van der Waals surface area contributed by atoms with Crippen LogP contribution in [0.2, 0.25) is 0 Å². The highest BCUT2D eigenvalue weighted by atomic mass is 16.4. The molecule has 1 amide bonds. The number of nitrogens with zero attached hydrogens (tertiary/aromatic N) is 3. The maximum Gasteiger partial charge on any atom is 0.323 e. The van der Waals surface area contributed by atoms with E-state index in [9.17, 15) is 9.59 Å². The fourth-order valence-electron chi connectivity index (χ4n) is 3.54. The molecule has 0 unspecified atom stereocenters. The van der Waals surface area contributed by atoms with Gasteiger partial charge in [-0.05, 0) is 51.2 Å². The highest BCUT2D eigenvalue weighted by Gasteiger charge is 2.37. The smallest absolute Gasteiger partial charge is 0.323 e. The summed E-state index contributed by atoms with van der Waals surface area (Å²) >= 11 is 0. The van der Waals surface area contributed by atoms with E-state index in [-0.39, 0.29) is 18.5 Å². The van der Waals surface area contributed by atoms with Gasteiger partial charge < -0.3 is 10.0 Å². The lowest BCUT2D eigenvalue weighted by atomic mass is 10.1. The van der Waals surface area contributed by atoms with Crippen LogP contribution < -0.4 is 0 Å². The second-order valence-electron chi connectivity index (χ2n) is 6.93. The van der Waals surface area contributed by atoms with Gasteiger partial charge in [0.1, 0.15) is 6.54 Å². The summed E-state index contributed by atoms with van der Waals surface area (Å²) in [5.41, 5.74) is 4.62. The van der Waals surface area contributed by atoms with Crippen LogP contribution in [0.1, 0.15) is 46.6 Å². The van der Waals surface area contributed by atoms with E-state index in [2.05, 4.69) is 5.10 Å². The molecule has 4 rings (SSSR count). The molecule has 2 aliphatic carbocycles. The molecule has 25 heavy (non-hydrogen) atoms. The maximum absolute atomic E-state index is 13.0. The molecule has 1 aromatic heterocycles. The summed E-state index contributed by atoms with van der Waals surface area (Å²) in [7, 11) is 0. The molecule has 1 saturated carbocycles. The molecule has 6 nitrogen and oxygen atoms in total. The Morgan fingerprint density at radius 3 is 2.60 bits per heavy atom. The van der Waals surface area contributed by atoms with E-state index in [1.165, 1.54) is 10.5 Å². The van der Waals surface area contributed by atoms with Crippen molar-refractivity contribution in [1.29, 1.82) is 0 Å².